The summed E-state index contributed by atoms with van der Waals surface area (Å²) in [7, 11) is 0. The number of nitrogen functional groups attached to an aromatic ring is 1. The van der Waals surface area contributed by atoms with Crippen molar-refractivity contribution in [3.8, 4) is 0 Å². The van der Waals surface area contributed by atoms with E-state index in [9.17, 15) is 4.79 Å². The van der Waals surface area contributed by atoms with Gasteiger partial charge in [0.15, 0.2) is 0 Å². The molecule has 2 heterocycles. The summed E-state index contributed by atoms with van der Waals surface area (Å²) in [6, 6.07) is 2.30. The normalized spacial score (nSPS) is 18.9. The lowest BCUT2D eigenvalue weighted by molar-refractivity contribution is 0.0894. The minimum atomic E-state index is -0.299. The molecular formula is C14H24N4O2. The Hall–Kier alpha value is -1.37. The highest BCUT2D eigenvalue weighted by atomic mass is 16.3. The maximum absolute atomic E-state index is 11.6. The van der Waals surface area contributed by atoms with Gasteiger partial charge in [-0.1, -0.05) is 6.92 Å². The van der Waals surface area contributed by atoms with Gasteiger partial charge < -0.3 is 4.42 Å². The van der Waals surface area contributed by atoms with Crippen LogP contribution >= 0.6 is 0 Å². The molecule has 0 radical (unpaired) electrons. The fraction of sp³-hybridized carbons (Fsp3) is 0.643. The molecule has 1 fully saturated rings. The first-order valence-electron chi connectivity index (χ1n) is 7.19. The molecule has 20 heavy (non-hydrogen) atoms. The van der Waals surface area contributed by atoms with E-state index in [0.29, 0.717) is 23.9 Å². The number of rotatable bonds is 5. The number of piperazine rings is 1. The largest absolute Gasteiger partial charge is 0.467 e. The van der Waals surface area contributed by atoms with Crippen LogP contribution in [0.25, 0.3) is 0 Å². The third-order valence-electron chi connectivity index (χ3n) is 4.11. The van der Waals surface area contributed by atoms with Crippen molar-refractivity contribution < 1.29 is 9.21 Å². The highest BCUT2D eigenvalue weighted by molar-refractivity contribution is 5.94. The number of carbonyl (C=O) groups excluding carboxylic acids is 1. The summed E-state index contributed by atoms with van der Waals surface area (Å²) in [4.78, 5) is 16.4. The van der Waals surface area contributed by atoms with Gasteiger partial charge in [-0.25, -0.2) is 5.84 Å². The summed E-state index contributed by atoms with van der Waals surface area (Å²) < 4.78 is 5.41. The van der Waals surface area contributed by atoms with Crippen LogP contribution < -0.4 is 11.3 Å². The van der Waals surface area contributed by atoms with Crippen LogP contribution in [0.2, 0.25) is 0 Å². The quantitative estimate of drug-likeness (QED) is 0.474. The zero-order chi connectivity index (χ0) is 14.5. The molecule has 3 N–H and O–H groups in total. The van der Waals surface area contributed by atoms with E-state index in [-0.39, 0.29) is 5.91 Å². The van der Waals surface area contributed by atoms with Crippen molar-refractivity contribution in [3.05, 3.63) is 23.7 Å². The van der Waals surface area contributed by atoms with Crippen molar-refractivity contribution in [2.24, 2.45) is 5.84 Å². The van der Waals surface area contributed by atoms with Gasteiger partial charge >= 0.3 is 0 Å². The predicted octanol–water partition coefficient (Wildman–Crippen LogP) is 0.799. The summed E-state index contributed by atoms with van der Waals surface area (Å²) in [6.07, 6.45) is 2.72. The van der Waals surface area contributed by atoms with Crippen LogP contribution in [0, 0.1) is 0 Å². The van der Waals surface area contributed by atoms with Crippen molar-refractivity contribution in [3.63, 3.8) is 0 Å². The molecule has 1 unspecified atom stereocenters. The van der Waals surface area contributed by atoms with E-state index < -0.39 is 0 Å². The fourth-order valence-electron chi connectivity index (χ4n) is 2.57. The SMILES string of the molecule is CCC(C)N1CCN(Cc2occc2C(=O)NN)CC1. The van der Waals surface area contributed by atoms with E-state index in [0.717, 1.165) is 26.2 Å². The van der Waals surface area contributed by atoms with Gasteiger partial charge in [0.1, 0.15) is 5.76 Å². The van der Waals surface area contributed by atoms with Gasteiger partial charge in [-0.3, -0.25) is 20.0 Å². The monoisotopic (exact) mass is 280 g/mol. The van der Waals surface area contributed by atoms with Crippen LogP contribution in [-0.4, -0.2) is 47.9 Å². The van der Waals surface area contributed by atoms with E-state index in [1.165, 1.54) is 12.7 Å². The molecule has 2 rings (SSSR count). The third-order valence-corrected chi connectivity index (χ3v) is 4.11. The molecule has 1 aromatic heterocycles. The van der Waals surface area contributed by atoms with Crippen molar-refractivity contribution in [2.75, 3.05) is 26.2 Å². The number of amides is 1. The van der Waals surface area contributed by atoms with E-state index in [1.54, 1.807) is 6.07 Å². The summed E-state index contributed by atoms with van der Waals surface area (Å²) >= 11 is 0. The molecule has 112 valence electrons. The molecule has 1 amide bonds. The maximum atomic E-state index is 11.6. The first kappa shape index (κ1) is 15.0. The Kier molecular flexibility index (Phi) is 5.17. The summed E-state index contributed by atoms with van der Waals surface area (Å²) in [5, 5.41) is 0. The summed E-state index contributed by atoms with van der Waals surface area (Å²) in [5.41, 5.74) is 2.67. The molecule has 6 nitrogen and oxygen atoms in total. The number of hydrazine groups is 1. The van der Waals surface area contributed by atoms with Crippen molar-refractivity contribution in [1.82, 2.24) is 15.2 Å². The molecule has 0 bridgehead atoms. The Labute approximate surface area is 119 Å². The lowest BCUT2D eigenvalue weighted by atomic mass is 10.1. The van der Waals surface area contributed by atoms with Crippen LogP contribution in [0.4, 0.5) is 0 Å². The van der Waals surface area contributed by atoms with Crippen LogP contribution in [-0.2, 0) is 6.54 Å². The highest BCUT2D eigenvalue weighted by Gasteiger charge is 2.22. The minimum absolute atomic E-state index is 0.299. The number of hydrogen-bond acceptors (Lipinski definition) is 5. The standard InChI is InChI=1S/C14H24N4O2/c1-3-11(2)18-7-5-17(6-8-18)10-13-12(4-9-20-13)14(19)16-15/h4,9,11H,3,5-8,10,15H2,1-2H3,(H,16,19). The smallest absolute Gasteiger partial charge is 0.268 e. The average Bonchev–Trinajstić information content (AvgIpc) is 2.94. The molecular weight excluding hydrogens is 256 g/mol. The maximum Gasteiger partial charge on any atom is 0.268 e. The molecule has 0 aromatic carbocycles. The van der Waals surface area contributed by atoms with E-state index in [1.807, 2.05) is 0 Å². The van der Waals surface area contributed by atoms with Crippen LogP contribution in [0.15, 0.2) is 16.7 Å². The van der Waals surface area contributed by atoms with Gasteiger partial charge in [-0.2, -0.15) is 0 Å². The summed E-state index contributed by atoms with van der Waals surface area (Å²) in [5.74, 6) is 5.56. The minimum Gasteiger partial charge on any atom is -0.467 e. The molecule has 1 aliphatic heterocycles. The molecule has 1 aromatic rings. The van der Waals surface area contributed by atoms with Gasteiger partial charge in [0, 0.05) is 32.2 Å². The molecule has 1 atom stereocenters. The first-order chi connectivity index (χ1) is 9.65. The van der Waals surface area contributed by atoms with Gasteiger partial charge in [0.05, 0.1) is 18.4 Å². The van der Waals surface area contributed by atoms with Crippen LogP contribution in [0.5, 0.6) is 0 Å². The number of nitrogens with one attached hydrogen (secondary N) is 1. The second-order valence-corrected chi connectivity index (χ2v) is 5.30. The molecule has 1 saturated heterocycles. The van der Waals surface area contributed by atoms with Crippen LogP contribution in [0.1, 0.15) is 36.4 Å². The van der Waals surface area contributed by atoms with Crippen LogP contribution in [0.3, 0.4) is 0 Å². The topological polar surface area (TPSA) is 74.7 Å². The Morgan fingerprint density at radius 2 is 2.15 bits per heavy atom. The second kappa shape index (κ2) is 6.88. The van der Waals surface area contributed by atoms with Gasteiger partial charge in [-0.15, -0.1) is 0 Å². The fourth-order valence-corrected chi connectivity index (χ4v) is 2.57. The number of carbonyl (C=O) groups is 1. The molecule has 1 aliphatic rings. The number of hydrogen-bond donors (Lipinski definition) is 2. The van der Waals surface area contributed by atoms with E-state index >= 15 is 0 Å². The van der Waals surface area contributed by atoms with Gasteiger partial charge in [0.2, 0.25) is 0 Å². The number of nitrogens with two attached hydrogens (primary N) is 1. The summed E-state index contributed by atoms with van der Waals surface area (Å²) in [6.45, 7) is 9.26. The Balaban J connectivity index is 1.90. The number of furan rings is 1. The Morgan fingerprint density at radius 3 is 2.75 bits per heavy atom. The zero-order valence-corrected chi connectivity index (χ0v) is 12.3. The lowest BCUT2D eigenvalue weighted by Gasteiger charge is -2.37. The molecule has 0 saturated carbocycles. The molecule has 0 spiro atoms. The van der Waals surface area contributed by atoms with Crippen molar-refractivity contribution in [1.29, 1.82) is 0 Å². The second-order valence-electron chi connectivity index (χ2n) is 5.30. The predicted molar refractivity (Wildman–Crippen MR) is 77.0 cm³/mol. The third kappa shape index (κ3) is 3.39. The average molecular weight is 280 g/mol. The highest BCUT2D eigenvalue weighted by Crippen LogP contribution is 2.16. The molecule has 0 aliphatic carbocycles. The lowest BCUT2D eigenvalue weighted by Crippen LogP contribution is -2.49. The van der Waals surface area contributed by atoms with Gasteiger partial charge in [0.25, 0.3) is 5.91 Å². The van der Waals surface area contributed by atoms with Gasteiger partial charge in [-0.05, 0) is 19.4 Å². The molecule has 6 heteroatoms. The van der Waals surface area contributed by atoms with Crippen molar-refractivity contribution >= 4 is 5.91 Å². The van der Waals surface area contributed by atoms with Crippen molar-refractivity contribution in [2.45, 2.75) is 32.9 Å². The zero-order valence-electron chi connectivity index (χ0n) is 12.3. The Bertz CT molecular complexity index is 438. The number of nitrogens with zero attached hydrogens (tertiary/aromatic N) is 2. The van der Waals surface area contributed by atoms with E-state index in [4.69, 9.17) is 10.3 Å². The van der Waals surface area contributed by atoms with E-state index in [2.05, 4.69) is 29.1 Å². The Morgan fingerprint density at radius 1 is 1.45 bits per heavy atom. The first-order valence-corrected chi connectivity index (χ1v) is 7.19.